The van der Waals surface area contributed by atoms with Gasteiger partial charge in [-0.1, -0.05) is 54.6 Å². The highest BCUT2D eigenvalue weighted by Crippen LogP contribution is 2.48. The van der Waals surface area contributed by atoms with Gasteiger partial charge in [0.15, 0.2) is 5.17 Å². The van der Waals surface area contributed by atoms with E-state index in [-0.39, 0.29) is 12.1 Å². The average Bonchev–Trinajstić information content (AvgIpc) is 3.14. The summed E-state index contributed by atoms with van der Waals surface area (Å²) < 4.78 is 0. The van der Waals surface area contributed by atoms with Crippen molar-refractivity contribution in [3.8, 4) is 0 Å². The van der Waals surface area contributed by atoms with Gasteiger partial charge in [-0.25, -0.2) is 0 Å². The Balaban J connectivity index is 1.80. The molecular formula is C19H21N3S. The van der Waals surface area contributed by atoms with Crippen molar-refractivity contribution in [2.45, 2.75) is 38.4 Å². The van der Waals surface area contributed by atoms with Crippen molar-refractivity contribution < 1.29 is 0 Å². The van der Waals surface area contributed by atoms with Gasteiger partial charge in [0.25, 0.3) is 0 Å². The third kappa shape index (κ3) is 2.55. The lowest BCUT2D eigenvalue weighted by molar-refractivity contribution is 0.255. The molecule has 4 rings (SSSR count). The van der Waals surface area contributed by atoms with Crippen molar-refractivity contribution in [2.75, 3.05) is 5.75 Å². The number of fused-ring (bicyclic) bond motifs is 1. The number of hydrogen-bond donors (Lipinski definition) is 0. The monoisotopic (exact) mass is 323 g/mol. The van der Waals surface area contributed by atoms with Crippen LogP contribution in [0, 0.1) is 6.92 Å². The molecule has 1 fully saturated rings. The van der Waals surface area contributed by atoms with Gasteiger partial charge < -0.3 is 4.90 Å². The predicted molar refractivity (Wildman–Crippen MR) is 96.7 cm³/mol. The molecule has 0 unspecified atom stereocenters. The Hall–Kier alpha value is -1.81. The number of aryl methyl sites for hydroxylation is 1. The van der Waals surface area contributed by atoms with Gasteiger partial charge in [0, 0.05) is 18.0 Å². The maximum atomic E-state index is 5.05. The number of pyridine rings is 1. The second kappa shape index (κ2) is 6.00. The van der Waals surface area contributed by atoms with Gasteiger partial charge in [-0.05, 0) is 31.0 Å². The Morgan fingerprint density at radius 2 is 2.13 bits per heavy atom. The van der Waals surface area contributed by atoms with Gasteiger partial charge in [-0.2, -0.15) is 0 Å². The zero-order valence-corrected chi connectivity index (χ0v) is 14.3. The van der Waals surface area contributed by atoms with Crippen LogP contribution in [0.2, 0.25) is 0 Å². The second-order valence-electron chi connectivity index (χ2n) is 6.25. The van der Waals surface area contributed by atoms with Gasteiger partial charge >= 0.3 is 0 Å². The van der Waals surface area contributed by atoms with Crippen molar-refractivity contribution in [3.63, 3.8) is 0 Å². The fourth-order valence-corrected chi connectivity index (χ4v) is 4.90. The van der Waals surface area contributed by atoms with Crippen LogP contribution in [0.4, 0.5) is 0 Å². The molecule has 0 saturated carbocycles. The quantitative estimate of drug-likeness (QED) is 0.840. The zero-order chi connectivity index (χ0) is 15.8. The van der Waals surface area contributed by atoms with E-state index in [1.54, 1.807) is 0 Å². The van der Waals surface area contributed by atoms with Crippen molar-refractivity contribution in [1.29, 1.82) is 0 Å². The van der Waals surface area contributed by atoms with Gasteiger partial charge in [0.1, 0.15) is 6.04 Å². The van der Waals surface area contributed by atoms with Gasteiger partial charge in [0.05, 0.1) is 11.7 Å². The Kier molecular flexibility index (Phi) is 3.85. The lowest BCUT2D eigenvalue weighted by atomic mass is 9.94. The van der Waals surface area contributed by atoms with E-state index in [2.05, 4.69) is 60.1 Å². The van der Waals surface area contributed by atoms with Crippen LogP contribution in [0.3, 0.4) is 0 Å². The van der Waals surface area contributed by atoms with E-state index < -0.39 is 0 Å². The number of benzene rings is 1. The van der Waals surface area contributed by atoms with E-state index >= 15 is 0 Å². The van der Waals surface area contributed by atoms with Gasteiger partial charge in [-0.15, -0.1) is 0 Å². The molecule has 3 nitrogen and oxygen atoms in total. The van der Waals surface area contributed by atoms with Gasteiger partial charge in [0.2, 0.25) is 0 Å². The SMILES string of the molecule is CC[C@@H]1CSC2=N[C@H](c3ccccn3)[C@H](c3cccc(C)c3)N21. The minimum Gasteiger partial charge on any atom is -0.338 e. The Morgan fingerprint density at radius 3 is 2.87 bits per heavy atom. The summed E-state index contributed by atoms with van der Waals surface area (Å²) >= 11 is 1.89. The normalized spacial score (nSPS) is 26.3. The molecule has 1 aromatic heterocycles. The van der Waals surface area contributed by atoms with Crippen LogP contribution in [-0.2, 0) is 0 Å². The van der Waals surface area contributed by atoms with Crippen LogP contribution < -0.4 is 0 Å². The Labute approximate surface area is 141 Å². The molecule has 3 atom stereocenters. The number of aliphatic imine (C=N–C) groups is 1. The molecule has 2 aliphatic heterocycles. The minimum atomic E-state index is 0.0925. The first-order chi connectivity index (χ1) is 11.3. The Morgan fingerprint density at radius 1 is 1.22 bits per heavy atom. The van der Waals surface area contributed by atoms with E-state index in [9.17, 15) is 0 Å². The lowest BCUT2D eigenvalue weighted by Crippen LogP contribution is -2.35. The first kappa shape index (κ1) is 14.8. The zero-order valence-electron chi connectivity index (χ0n) is 13.5. The van der Waals surface area contributed by atoms with Crippen LogP contribution >= 0.6 is 11.8 Å². The molecule has 0 amide bonds. The van der Waals surface area contributed by atoms with Crippen LogP contribution in [-0.4, -0.2) is 26.8 Å². The molecule has 2 aromatic rings. The van der Waals surface area contributed by atoms with Crippen molar-refractivity contribution in [3.05, 3.63) is 65.5 Å². The van der Waals surface area contributed by atoms with Crippen LogP contribution in [0.25, 0.3) is 0 Å². The molecule has 0 radical (unpaired) electrons. The van der Waals surface area contributed by atoms with Crippen molar-refractivity contribution in [2.24, 2.45) is 4.99 Å². The summed E-state index contributed by atoms with van der Waals surface area (Å²) in [5.41, 5.74) is 3.72. The number of aromatic nitrogens is 1. The largest absolute Gasteiger partial charge is 0.338 e. The van der Waals surface area contributed by atoms with Crippen molar-refractivity contribution >= 4 is 16.9 Å². The highest BCUT2D eigenvalue weighted by atomic mass is 32.2. The maximum absolute atomic E-state index is 5.05. The fraction of sp³-hybridized carbons (Fsp3) is 0.368. The predicted octanol–water partition coefficient (Wildman–Crippen LogP) is 4.37. The van der Waals surface area contributed by atoms with E-state index in [1.807, 2.05) is 24.0 Å². The molecule has 2 aliphatic rings. The summed E-state index contributed by atoms with van der Waals surface area (Å²) in [4.78, 5) is 12.2. The summed E-state index contributed by atoms with van der Waals surface area (Å²) in [7, 11) is 0. The summed E-state index contributed by atoms with van der Waals surface area (Å²) in [5.74, 6) is 1.15. The molecular weight excluding hydrogens is 302 g/mol. The summed E-state index contributed by atoms with van der Waals surface area (Å²) in [6.45, 7) is 4.43. The maximum Gasteiger partial charge on any atom is 0.160 e. The molecule has 1 saturated heterocycles. The van der Waals surface area contributed by atoms with Crippen molar-refractivity contribution in [1.82, 2.24) is 9.88 Å². The molecule has 0 bridgehead atoms. The molecule has 4 heteroatoms. The summed E-state index contributed by atoms with van der Waals surface area (Å²) in [5, 5.41) is 1.19. The highest BCUT2D eigenvalue weighted by molar-refractivity contribution is 8.14. The molecule has 23 heavy (non-hydrogen) atoms. The Bertz CT molecular complexity index is 728. The lowest BCUT2D eigenvalue weighted by Gasteiger charge is -2.32. The molecule has 0 aliphatic carbocycles. The molecule has 118 valence electrons. The minimum absolute atomic E-state index is 0.0925. The second-order valence-corrected chi connectivity index (χ2v) is 7.24. The number of hydrogen-bond acceptors (Lipinski definition) is 4. The molecule has 0 spiro atoms. The van der Waals surface area contributed by atoms with Crippen LogP contribution in [0.1, 0.15) is 42.2 Å². The van der Waals surface area contributed by atoms with E-state index in [0.29, 0.717) is 6.04 Å². The van der Waals surface area contributed by atoms with E-state index in [0.717, 1.165) is 17.9 Å². The van der Waals surface area contributed by atoms with Gasteiger partial charge in [-0.3, -0.25) is 9.98 Å². The third-order valence-electron chi connectivity index (χ3n) is 4.71. The van der Waals surface area contributed by atoms with Crippen LogP contribution in [0.5, 0.6) is 0 Å². The number of amidine groups is 1. The van der Waals surface area contributed by atoms with Crippen LogP contribution in [0.15, 0.2) is 53.7 Å². The highest BCUT2D eigenvalue weighted by Gasteiger charge is 2.45. The fourth-order valence-electron chi connectivity index (χ4n) is 3.56. The molecule has 1 aromatic carbocycles. The molecule has 0 N–H and O–H groups in total. The molecule has 3 heterocycles. The van der Waals surface area contributed by atoms with E-state index in [1.165, 1.54) is 16.3 Å². The van der Waals surface area contributed by atoms with E-state index in [4.69, 9.17) is 4.99 Å². The average molecular weight is 323 g/mol. The standard InChI is InChI=1S/C19H21N3S/c1-3-15-12-23-19-21-17(16-9-4-5-10-20-16)18(22(15)19)14-8-6-7-13(2)11-14/h4-11,15,17-18H,3,12H2,1-2H3/t15-,17-,18+/m1/s1. The third-order valence-corrected chi connectivity index (χ3v) is 5.84. The smallest absolute Gasteiger partial charge is 0.160 e. The summed E-state index contributed by atoms with van der Waals surface area (Å²) in [6, 6.07) is 15.9. The first-order valence-electron chi connectivity index (χ1n) is 8.24. The first-order valence-corrected chi connectivity index (χ1v) is 9.23. The number of nitrogens with zero attached hydrogens (tertiary/aromatic N) is 3. The summed E-state index contributed by atoms with van der Waals surface area (Å²) in [6.07, 6.45) is 3.03. The number of thioether (sulfide) groups is 1. The topological polar surface area (TPSA) is 28.5 Å². The number of rotatable bonds is 3.